The molecule has 1 saturated carbocycles. The van der Waals surface area contributed by atoms with Crippen molar-refractivity contribution in [2.75, 3.05) is 20.3 Å². The molecule has 2 amide bonds. The zero-order valence-corrected chi connectivity index (χ0v) is 11.7. The van der Waals surface area contributed by atoms with E-state index in [1.165, 1.54) is 7.11 Å². The fourth-order valence-electron chi connectivity index (χ4n) is 2.75. The molecule has 1 rings (SSSR count). The Morgan fingerprint density at radius 1 is 1.38 bits per heavy atom. The Bertz CT molecular complexity index is 341. The Kier molecular flexibility index (Phi) is 6.69. The SMILES string of the molecule is COC1C(CCCNC(=O)NC(F)(F)F)CC(CO)C1O. The van der Waals surface area contributed by atoms with Crippen LogP contribution >= 0.6 is 0 Å². The highest BCUT2D eigenvalue weighted by molar-refractivity contribution is 5.74. The van der Waals surface area contributed by atoms with Crippen LogP contribution in [0.1, 0.15) is 19.3 Å². The summed E-state index contributed by atoms with van der Waals surface area (Å²) in [6, 6.07) is -1.29. The van der Waals surface area contributed by atoms with E-state index in [0.29, 0.717) is 19.3 Å². The monoisotopic (exact) mass is 314 g/mol. The number of carbonyl (C=O) groups excluding carboxylic acids is 1. The highest BCUT2D eigenvalue weighted by atomic mass is 19.4. The van der Waals surface area contributed by atoms with Crippen LogP contribution in [0.15, 0.2) is 0 Å². The van der Waals surface area contributed by atoms with E-state index in [-0.39, 0.29) is 25.0 Å². The lowest BCUT2D eigenvalue weighted by Crippen LogP contribution is -2.44. The Balaban J connectivity index is 2.28. The number of aliphatic hydroxyl groups is 2. The molecule has 124 valence electrons. The maximum atomic E-state index is 11.8. The van der Waals surface area contributed by atoms with E-state index in [2.05, 4.69) is 5.32 Å². The predicted molar refractivity (Wildman–Crippen MR) is 67.3 cm³/mol. The third-order valence-electron chi connectivity index (χ3n) is 3.69. The molecule has 4 atom stereocenters. The van der Waals surface area contributed by atoms with Crippen LogP contribution in [0.5, 0.6) is 0 Å². The highest BCUT2D eigenvalue weighted by Gasteiger charge is 2.41. The van der Waals surface area contributed by atoms with Crippen molar-refractivity contribution in [3.63, 3.8) is 0 Å². The molecule has 6 nitrogen and oxygen atoms in total. The van der Waals surface area contributed by atoms with Gasteiger partial charge in [-0.1, -0.05) is 0 Å². The maximum absolute atomic E-state index is 11.8. The van der Waals surface area contributed by atoms with Crippen LogP contribution in [0, 0.1) is 11.8 Å². The van der Waals surface area contributed by atoms with Crippen molar-refractivity contribution in [3.05, 3.63) is 0 Å². The zero-order valence-electron chi connectivity index (χ0n) is 11.7. The lowest BCUT2D eigenvalue weighted by atomic mass is 9.98. The van der Waals surface area contributed by atoms with Gasteiger partial charge in [-0.25, -0.2) is 10.1 Å². The van der Waals surface area contributed by atoms with Gasteiger partial charge in [-0.05, 0) is 25.2 Å². The number of hydrogen-bond acceptors (Lipinski definition) is 4. The Morgan fingerprint density at radius 2 is 2.05 bits per heavy atom. The second-order valence-electron chi connectivity index (χ2n) is 5.15. The van der Waals surface area contributed by atoms with Gasteiger partial charge in [0.25, 0.3) is 0 Å². The summed E-state index contributed by atoms with van der Waals surface area (Å²) in [5.41, 5.74) is 0. The number of amides is 2. The van der Waals surface area contributed by atoms with E-state index in [4.69, 9.17) is 9.84 Å². The first-order valence-electron chi connectivity index (χ1n) is 6.73. The number of ether oxygens (including phenoxy) is 1. The highest BCUT2D eigenvalue weighted by Crippen LogP contribution is 2.35. The third kappa shape index (κ3) is 5.68. The summed E-state index contributed by atoms with van der Waals surface area (Å²) in [7, 11) is 1.47. The van der Waals surface area contributed by atoms with Crippen LogP contribution in [0.4, 0.5) is 18.0 Å². The topological polar surface area (TPSA) is 90.8 Å². The molecule has 0 aromatic heterocycles. The van der Waals surface area contributed by atoms with Crippen LogP contribution in [0.25, 0.3) is 0 Å². The molecule has 21 heavy (non-hydrogen) atoms. The molecule has 0 spiro atoms. The molecule has 0 heterocycles. The summed E-state index contributed by atoms with van der Waals surface area (Å²) in [5.74, 6) is -0.240. The number of alkyl halides is 3. The summed E-state index contributed by atoms with van der Waals surface area (Å²) in [4.78, 5) is 10.9. The van der Waals surface area contributed by atoms with Crippen molar-refractivity contribution < 1.29 is 32.9 Å². The minimum absolute atomic E-state index is 0.00891. The molecular formula is C12H21F3N2O4. The molecule has 1 aliphatic rings. The third-order valence-corrected chi connectivity index (χ3v) is 3.69. The van der Waals surface area contributed by atoms with Gasteiger partial charge < -0.3 is 20.3 Å². The van der Waals surface area contributed by atoms with Crippen molar-refractivity contribution in [2.24, 2.45) is 11.8 Å². The molecular weight excluding hydrogens is 293 g/mol. The molecule has 0 aromatic carbocycles. The molecule has 1 aliphatic carbocycles. The van der Waals surface area contributed by atoms with Gasteiger partial charge in [0.15, 0.2) is 0 Å². The van der Waals surface area contributed by atoms with Crippen molar-refractivity contribution >= 4 is 6.03 Å². The first-order valence-corrected chi connectivity index (χ1v) is 6.73. The molecule has 0 saturated heterocycles. The number of methoxy groups -OCH3 is 1. The number of urea groups is 1. The molecule has 0 radical (unpaired) electrons. The van der Waals surface area contributed by atoms with Gasteiger partial charge in [0.2, 0.25) is 0 Å². The summed E-state index contributed by atoms with van der Waals surface area (Å²) in [6.07, 6.45) is -4.25. The fourth-order valence-corrected chi connectivity index (χ4v) is 2.75. The quantitative estimate of drug-likeness (QED) is 0.427. The number of nitrogens with one attached hydrogen (secondary N) is 2. The Hall–Kier alpha value is -1.06. The van der Waals surface area contributed by atoms with Crippen LogP contribution in [0.2, 0.25) is 0 Å². The first-order chi connectivity index (χ1) is 9.78. The van der Waals surface area contributed by atoms with Gasteiger partial charge in [0, 0.05) is 26.2 Å². The van der Waals surface area contributed by atoms with Crippen LogP contribution < -0.4 is 10.6 Å². The van der Waals surface area contributed by atoms with Crippen molar-refractivity contribution in [1.29, 1.82) is 0 Å². The second kappa shape index (κ2) is 7.81. The average Bonchev–Trinajstić information content (AvgIpc) is 2.68. The van der Waals surface area contributed by atoms with Gasteiger partial charge in [0.1, 0.15) is 0 Å². The molecule has 9 heteroatoms. The Labute approximate surface area is 120 Å². The minimum atomic E-state index is -4.74. The van der Waals surface area contributed by atoms with Gasteiger partial charge in [-0.15, -0.1) is 0 Å². The van der Waals surface area contributed by atoms with Gasteiger partial charge in [-0.3, -0.25) is 0 Å². The first kappa shape index (κ1) is 18.0. The van der Waals surface area contributed by atoms with E-state index in [9.17, 15) is 23.1 Å². The van der Waals surface area contributed by atoms with E-state index in [1.54, 1.807) is 0 Å². The van der Waals surface area contributed by atoms with Crippen LogP contribution in [0.3, 0.4) is 0 Å². The Morgan fingerprint density at radius 3 is 2.57 bits per heavy atom. The van der Waals surface area contributed by atoms with Crippen LogP contribution in [-0.2, 0) is 4.74 Å². The number of aliphatic hydroxyl groups excluding tert-OH is 2. The maximum Gasteiger partial charge on any atom is 0.485 e. The van der Waals surface area contributed by atoms with Gasteiger partial charge in [0.05, 0.1) is 12.2 Å². The van der Waals surface area contributed by atoms with E-state index in [0.717, 1.165) is 5.32 Å². The molecule has 0 aromatic rings. The van der Waals surface area contributed by atoms with E-state index < -0.39 is 24.5 Å². The molecule has 0 aliphatic heterocycles. The number of hydrogen-bond donors (Lipinski definition) is 4. The normalized spacial score (nSPS) is 29.4. The summed E-state index contributed by atoms with van der Waals surface area (Å²) in [6.45, 7) is -0.0432. The summed E-state index contributed by atoms with van der Waals surface area (Å²) in [5, 5.41) is 22.0. The minimum Gasteiger partial charge on any atom is -0.396 e. The van der Waals surface area contributed by atoms with Crippen molar-refractivity contribution in [1.82, 2.24) is 10.6 Å². The molecule has 0 bridgehead atoms. The fraction of sp³-hybridized carbons (Fsp3) is 0.917. The number of halogens is 3. The molecule has 1 fully saturated rings. The van der Waals surface area contributed by atoms with Crippen LogP contribution in [-0.4, -0.2) is 55.0 Å². The average molecular weight is 314 g/mol. The zero-order chi connectivity index (χ0) is 16.0. The van der Waals surface area contributed by atoms with Gasteiger partial charge >= 0.3 is 12.3 Å². The lowest BCUT2D eigenvalue weighted by Gasteiger charge is -2.21. The predicted octanol–water partition coefficient (Wildman–Crippen LogP) is 0.590. The van der Waals surface area contributed by atoms with Crippen molar-refractivity contribution in [2.45, 2.75) is 37.8 Å². The van der Waals surface area contributed by atoms with E-state index >= 15 is 0 Å². The number of rotatable bonds is 6. The van der Waals surface area contributed by atoms with Crippen molar-refractivity contribution in [3.8, 4) is 0 Å². The largest absolute Gasteiger partial charge is 0.485 e. The van der Waals surface area contributed by atoms with E-state index in [1.807, 2.05) is 0 Å². The summed E-state index contributed by atoms with van der Waals surface area (Å²) >= 11 is 0. The molecule has 4 unspecified atom stereocenters. The second-order valence-corrected chi connectivity index (χ2v) is 5.15. The lowest BCUT2D eigenvalue weighted by molar-refractivity contribution is -0.145. The molecule has 4 N–H and O–H groups in total. The smallest absolute Gasteiger partial charge is 0.396 e. The van der Waals surface area contributed by atoms with Gasteiger partial charge in [-0.2, -0.15) is 13.2 Å². The number of carbonyl (C=O) groups is 1. The standard InChI is InChI=1S/C12H21F3N2O4/c1-21-10-7(5-8(6-18)9(10)19)3-2-4-16-11(20)17-12(13,14)15/h7-10,18-19H,2-6H2,1H3,(H2,16,17,20). The summed E-state index contributed by atoms with van der Waals surface area (Å²) < 4.78 is 40.7.